The zero-order chi connectivity index (χ0) is 20.0. The number of benzene rings is 2. The minimum Gasteiger partial charge on any atom is -0.396 e. The third kappa shape index (κ3) is 7.81. The molecule has 4 heteroatoms. The zero-order valence-electron chi connectivity index (χ0n) is 17.5. The average Bonchev–Trinajstić information content (AvgIpc) is 2.74. The second kappa shape index (κ2) is 13.1. The number of hydrogen-bond donors (Lipinski definition) is 1. The maximum atomic E-state index is 8.97. The van der Waals surface area contributed by atoms with Crippen LogP contribution >= 0.6 is 0 Å². The van der Waals surface area contributed by atoms with E-state index in [-0.39, 0.29) is 6.61 Å². The van der Waals surface area contributed by atoms with Gasteiger partial charge in [0.05, 0.1) is 11.4 Å². The molecule has 0 saturated carbocycles. The van der Waals surface area contributed by atoms with Crippen molar-refractivity contribution in [2.45, 2.75) is 58.8 Å². The van der Waals surface area contributed by atoms with Crippen LogP contribution in [-0.2, 0) is 6.42 Å². The van der Waals surface area contributed by atoms with Gasteiger partial charge in [-0.15, -0.1) is 0 Å². The minimum absolute atomic E-state index is 0.168. The largest absolute Gasteiger partial charge is 0.396 e. The van der Waals surface area contributed by atoms with Gasteiger partial charge in [-0.1, -0.05) is 51.2 Å². The van der Waals surface area contributed by atoms with E-state index in [1.54, 1.807) is 0 Å². The first-order chi connectivity index (χ1) is 13.8. The molecule has 0 atom stereocenters. The van der Waals surface area contributed by atoms with E-state index in [2.05, 4.69) is 41.1 Å². The molecule has 2 aromatic carbocycles. The van der Waals surface area contributed by atoms with E-state index in [0.29, 0.717) is 6.42 Å². The van der Waals surface area contributed by atoms with Crippen LogP contribution in [0.25, 0.3) is 0 Å². The maximum Gasteiger partial charge on any atom is 0.0858 e. The predicted octanol–water partition coefficient (Wildman–Crippen LogP) is 6.82. The fraction of sp³-hybridized carbons (Fsp3) is 0.500. The Morgan fingerprint density at radius 2 is 1.32 bits per heavy atom. The molecule has 4 nitrogen and oxygen atoms in total. The van der Waals surface area contributed by atoms with Crippen LogP contribution in [0.15, 0.2) is 58.8 Å². The molecule has 0 saturated heterocycles. The summed E-state index contributed by atoms with van der Waals surface area (Å²) in [5.41, 5.74) is 4.04. The standard InChI is InChI=1S/C24H35N3O/c1-3-5-6-7-8-9-19-27(4-2)24-16-14-23(15-17-24)26-25-22-12-10-21(11-13-22)18-20-28/h10-17,28H,3-9,18-20H2,1-2H3. The number of aliphatic hydroxyl groups excluding tert-OH is 1. The van der Waals surface area contributed by atoms with Crippen molar-refractivity contribution in [1.82, 2.24) is 0 Å². The normalized spacial score (nSPS) is 11.2. The summed E-state index contributed by atoms with van der Waals surface area (Å²) < 4.78 is 0. The van der Waals surface area contributed by atoms with Gasteiger partial charge >= 0.3 is 0 Å². The van der Waals surface area contributed by atoms with E-state index in [4.69, 9.17) is 5.11 Å². The van der Waals surface area contributed by atoms with Crippen molar-refractivity contribution in [2.75, 3.05) is 24.6 Å². The number of anilines is 1. The summed E-state index contributed by atoms with van der Waals surface area (Å²) in [5, 5.41) is 17.6. The fourth-order valence-electron chi connectivity index (χ4n) is 3.26. The van der Waals surface area contributed by atoms with Crippen LogP contribution in [0.3, 0.4) is 0 Å². The van der Waals surface area contributed by atoms with Crippen molar-refractivity contribution in [1.29, 1.82) is 0 Å². The lowest BCUT2D eigenvalue weighted by atomic mass is 10.1. The second-order valence-electron chi connectivity index (χ2n) is 7.20. The molecule has 0 aliphatic rings. The molecular weight excluding hydrogens is 346 g/mol. The Bertz CT molecular complexity index is 680. The Morgan fingerprint density at radius 3 is 1.89 bits per heavy atom. The smallest absolute Gasteiger partial charge is 0.0858 e. The van der Waals surface area contributed by atoms with Crippen LogP contribution in [0.5, 0.6) is 0 Å². The van der Waals surface area contributed by atoms with Gasteiger partial charge < -0.3 is 10.0 Å². The summed E-state index contributed by atoms with van der Waals surface area (Å²) >= 11 is 0. The van der Waals surface area contributed by atoms with Gasteiger partial charge in [0.2, 0.25) is 0 Å². The van der Waals surface area contributed by atoms with Gasteiger partial charge in [-0.3, -0.25) is 0 Å². The minimum atomic E-state index is 0.168. The van der Waals surface area contributed by atoms with E-state index in [1.807, 2.05) is 36.4 Å². The molecular formula is C24H35N3O. The zero-order valence-corrected chi connectivity index (χ0v) is 17.5. The lowest BCUT2D eigenvalue weighted by Crippen LogP contribution is -2.23. The highest BCUT2D eigenvalue weighted by Gasteiger charge is 2.04. The van der Waals surface area contributed by atoms with Gasteiger partial charge in [0, 0.05) is 25.4 Å². The number of hydrogen-bond acceptors (Lipinski definition) is 4. The van der Waals surface area contributed by atoms with Crippen molar-refractivity contribution in [3.8, 4) is 0 Å². The van der Waals surface area contributed by atoms with Crippen molar-refractivity contribution < 1.29 is 5.11 Å². The van der Waals surface area contributed by atoms with Crippen LogP contribution in [0, 0.1) is 0 Å². The highest BCUT2D eigenvalue weighted by molar-refractivity contribution is 5.53. The Kier molecular flexibility index (Phi) is 10.3. The molecule has 2 rings (SSSR count). The molecule has 28 heavy (non-hydrogen) atoms. The van der Waals surface area contributed by atoms with Crippen LogP contribution < -0.4 is 4.90 Å². The Hall–Kier alpha value is -2.20. The molecule has 0 aliphatic heterocycles. The molecule has 0 aliphatic carbocycles. The van der Waals surface area contributed by atoms with Crippen LogP contribution in [0.4, 0.5) is 17.1 Å². The Morgan fingerprint density at radius 1 is 0.750 bits per heavy atom. The molecule has 0 fully saturated rings. The lowest BCUT2D eigenvalue weighted by Gasteiger charge is -2.23. The molecule has 0 spiro atoms. The summed E-state index contributed by atoms with van der Waals surface area (Å²) in [6.45, 7) is 6.78. The van der Waals surface area contributed by atoms with E-state index in [9.17, 15) is 0 Å². The molecule has 0 bridgehead atoms. The van der Waals surface area contributed by atoms with Crippen LogP contribution in [0.1, 0.15) is 57.9 Å². The number of nitrogens with zero attached hydrogens (tertiary/aromatic N) is 3. The molecule has 152 valence electrons. The quantitative estimate of drug-likeness (QED) is 0.305. The fourth-order valence-corrected chi connectivity index (χ4v) is 3.26. The lowest BCUT2D eigenvalue weighted by molar-refractivity contribution is 0.299. The maximum absolute atomic E-state index is 8.97. The third-order valence-corrected chi connectivity index (χ3v) is 5.00. The molecule has 0 radical (unpaired) electrons. The molecule has 0 aromatic heterocycles. The Labute approximate surface area is 170 Å². The third-order valence-electron chi connectivity index (χ3n) is 5.00. The van der Waals surface area contributed by atoms with Gasteiger partial charge in [-0.05, 0) is 61.7 Å². The van der Waals surface area contributed by atoms with Crippen LogP contribution in [0.2, 0.25) is 0 Å². The van der Waals surface area contributed by atoms with Crippen molar-refractivity contribution >= 4 is 17.1 Å². The summed E-state index contributed by atoms with van der Waals surface area (Å²) in [6.07, 6.45) is 8.63. The first-order valence-electron chi connectivity index (χ1n) is 10.7. The van der Waals surface area contributed by atoms with Gasteiger partial charge in [0.1, 0.15) is 0 Å². The second-order valence-corrected chi connectivity index (χ2v) is 7.20. The van der Waals surface area contributed by atoms with E-state index < -0.39 is 0 Å². The first-order valence-corrected chi connectivity index (χ1v) is 10.7. The highest BCUT2D eigenvalue weighted by atomic mass is 16.2. The number of aliphatic hydroxyl groups is 1. The summed E-state index contributed by atoms with van der Waals surface area (Å²) in [4.78, 5) is 2.43. The van der Waals surface area contributed by atoms with E-state index in [1.165, 1.54) is 44.2 Å². The summed E-state index contributed by atoms with van der Waals surface area (Å²) in [5.74, 6) is 0. The molecule has 0 unspecified atom stereocenters. The molecule has 1 N–H and O–H groups in total. The van der Waals surface area contributed by atoms with Gasteiger partial charge in [-0.2, -0.15) is 10.2 Å². The SMILES string of the molecule is CCCCCCCCN(CC)c1ccc(N=Nc2ccc(CCO)cc2)cc1. The van der Waals surface area contributed by atoms with Crippen LogP contribution in [-0.4, -0.2) is 24.8 Å². The highest BCUT2D eigenvalue weighted by Crippen LogP contribution is 2.23. The summed E-state index contributed by atoms with van der Waals surface area (Å²) in [7, 11) is 0. The predicted molar refractivity (Wildman–Crippen MR) is 119 cm³/mol. The van der Waals surface area contributed by atoms with Gasteiger partial charge in [0.25, 0.3) is 0 Å². The Balaban J connectivity index is 1.85. The van der Waals surface area contributed by atoms with E-state index >= 15 is 0 Å². The first kappa shape index (κ1) is 22.1. The van der Waals surface area contributed by atoms with Gasteiger partial charge in [0.15, 0.2) is 0 Å². The van der Waals surface area contributed by atoms with Gasteiger partial charge in [-0.25, -0.2) is 0 Å². The molecule has 2 aromatic rings. The van der Waals surface area contributed by atoms with Crippen molar-refractivity contribution in [3.05, 3.63) is 54.1 Å². The monoisotopic (exact) mass is 381 g/mol. The molecule has 0 heterocycles. The topological polar surface area (TPSA) is 48.2 Å². The van der Waals surface area contributed by atoms with Crippen molar-refractivity contribution in [3.63, 3.8) is 0 Å². The number of rotatable bonds is 13. The summed E-state index contributed by atoms with van der Waals surface area (Å²) in [6, 6.07) is 16.2. The van der Waals surface area contributed by atoms with Crippen molar-refractivity contribution in [2.24, 2.45) is 10.2 Å². The molecule has 0 amide bonds. The average molecular weight is 382 g/mol. The number of unbranched alkanes of at least 4 members (excludes halogenated alkanes) is 5. The van der Waals surface area contributed by atoms with E-state index in [0.717, 1.165) is 30.0 Å². The number of azo groups is 1.